The summed E-state index contributed by atoms with van der Waals surface area (Å²) in [5, 5.41) is 12.8. The van der Waals surface area contributed by atoms with E-state index in [0.29, 0.717) is 21.8 Å². The van der Waals surface area contributed by atoms with Crippen molar-refractivity contribution in [1.29, 1.82) is 5.26 Å². The summed E-state index contributed by atoms with van der Waals surface area (Å²) in [5.41, 5.74) is 1.67. The molecule has 142 valence electrons. The van der Waals surface area contributed by atoms with E-state index in [1.807, 2.05) is 18.2 Å². The van der Waals surface area contributed by atoms with E-state index in [0.717, 1.165) is 5.56 Å². The number of ether oxygens (including phenoxy) is 1. The second-order valence-corrected chi connectivity index (χ2v) is 6.96. The molecular formula is C19H13Cl3N4O2. The minimum Gasteiger partial charge on any atom is -0.497 e. The Labute approximate surface area is 176 Å². The quantitative estimate of drug-likeness (QED) is 0.636. The van der Waals surface area contributed by atoms with Crippen LogP contribution in [-0.4, -0.2) is 23.0 Å². The van der Waals surface area contributed by atoms with Crippen molar-refractivity contribution < 1.29 is 9.53 Å². The van der Waals surface area contributed by atoms with E-state index in [1.165, 1.54) is 12.1 Å². The van der Waals surface area contributed by atoms with Gasteiger partial charge < -0.3 is 10.1 Å². The average molecular weight is 436 g/mol. The molecule has 6 nitrogen and oxygen atoms in total. The number of methoxy groups -OCH3 is 1. The Morgan fingerprint density at radius 1 is 1.18 bits per heavy atom. The molecule has 28 heavy (non-hydrogen) atoms. The van der Waals surface area contributed by atoms with Gasteiger partial charge in [0.15, 0.2) is 11.1 Å². The third-order valence-electron chi connectivity index (χ3n) is 3.95. The second-order valence-electron chi connectivity index (χ2n) is 5.79. The number of fused-ring (bicyclic) bond motifs is 1. The van der Waals surface area contributed by atoms with Gasteiger partial charge in [0.2, 0.25) is 5.91 Å². The SMILES string of the molecule is COc1cccc(CNC(=O)C(C#N)c2nc3cc(Cl)c(Cl)cc3nc2Cl)c1. The molecule has 1 atom stereocenters. The van der Waals surface area contributed by atoms with E-state index in [-0.39, 0.29) is 22.4 Å². The molecule has 1 heterocycles. The molecule has 0 radical (unpaired) electrons. The Bertz CT molecular complexity index is 1100. The lowest BCUT2D eigenvalue weighted by Gasteiger charge is -2.12. The highest BCUT2D eigenvalue weighted by molar-refractivity contribution is 6.42. The largest absolute Gasteiger partial charge is 0.497 e. The van der Waals surface area contributed by atoms with Gasteiger partial charge in [0.25, 0.3) is 0 Å². The van der Waals surface area contributed by atoms with E-state index in [2.05, 4.69) is 15.3 Å². The summed E-state index contributed by atoms with van der Waals surface area (Å²) >= 11 is 18.2. The van der Waals surface area contributed by atoms with Crippen LogP contribution in [0.2, 0.25) is 15.2 Å². The van der Waals surface area contributed by atoms with Crippen molar-refractivity contribution in [1.82, 2.24) is 15.3 Å². The van der Waals surface area contributed by atoms with E-state index in [4.69, 9.17) is 39.5 Å². The van der Waals surface area contributed by atoms with E-state index < -0.39 is 11.8 Å². The lowest BCUT2D eigenvalue weighted by atomic mass is 10.1. The van der Waals surface area contributed by atoms with Gasteiger partial charge in [-0.15, -0.1) is 0 Å². The molecule has 1 unspecified atom stereocenters. The fourth-order valence-corrected chi connectivity index (χ4v) is 3.10. The van der Waals surface area contributed by atoms with Gasteiger partial charge in [-0.2, -0.15) is 5.26 Å². The van der Waals surface area contributed by atoms with Crippen LogP contribution in [0.5, 0.6) is 5.75 Å². The molecule has 0 spiro atoms. The van der Waals surface area contributed by atoms with Gasteiger partial charge in [-0.05, 0) is 29.8 Å². The summed E-state index contributed by atoms with van der Waals surface area (Å²) < 4.78 is 5.15. The number of hydrogen-bond acceptors (Lipinski definition) is 5. The van der Waals surface area contributed by atoms with Crippen LogP contribution in [0, 0.1) is 11.3 Å². The Morgan fingerprint density at radius 2 is 1.86 bits per heavy atom. The molecule has 1 amide bonds. The third kappa shape index (κ3) is 4.28. The second kappa shape index (κ2) is 8.61. The van der Waals surface area contributed by atoms with Gasteiger partial charge in [-0.1, -0.05) is 46.9 Å². The van der Waals surface area contributed by atoms with E-state index in [1.54, 1.807) is 19.2 Å². The first kappa shape index (κ1) is 20.2. The Kier molecular flexibility index (Phi) is 6.20. The molecule has 0 aliphatic rings. The van der Waals surface area contributed by atoms with E-state index in [9.17, 15) is 10.1 Å². The van der Waals surface area contributed by atoms with Crippen molar-refractivity contribution in [2.24, 2.45) is 0 Å². The number of halogens is 3. The van der Waals surface area contributed by atoms with Crippen LogP contribution in [0.4, 0.5) is 0 Å². The van der Waals surface area contributed by atoms with Crippen LogP contribution in [0.3, 0.4) is 0 Å². The molecule has 2 aromatic carbocycles. The zero-order valence-corrected chi connectivity index (χ0v) is 16.8. The Balaban J connectivity index is 1.85. The summed E-state index contributed by atoms with van der Waals surface area (Å²) in [6.07, 6.45) is 0. The maximum absolute atomic E-state index is 12.6. The van der Waals surface area contributed by atoms with Gasteiger partial charge in [0, 0.05) is 6.54 Å². The summed E-state index contributed by atoms with van der Waals surface area (Å²) in [6, 6.07) is 12.2. The topological polar surface area (TPSA) is 87.9 Å². The van der Waals surface area contributed by atoms with Crippen LogP contribution in [0.1, 0.15) is 17.2 Å². The predicted octanol–water partition coefficient (Wildman–Crippen LogP) is 4.52. The minimum atomic E-state index is -1.23. The third-order valence-corrected chi connectivity index (χ3v) is 4.95. The molecule has 0 saturated carbocycles. The first-order chi connectivity index (χ1) is 13.4. The van der Waals surface area contributed by atoms with Crippen molar-refractivity contribution >= 4 is 51.7 Å². The summed E-state index contributed by atoms with van der Waals surface area (Å²) in [7, 11) is 1.56. The van der Waals surface area contributed by atoms with Crippen LogP contribution in [0.15, 0.2) is 36.4 Å². The average Bonchev–Trinajstić information content (AvgIpc) is 2.69. The highest BCUT2D eigenvalue weighted by Crippen LogP contribution is 2.29. The maximum Gasteiger partial charge on any atom is 0.243 e. The number of rotatable bonds is 5. The lowest BCUT2D eigenvalue weighted by Crippen LogP contribution is -2.29. The summed E-state index contributed by atoms with van der Waals surface area (Å²) in [4.78, 5) is 21.1. The van der Waals surface area contributed by atoms with Gasteiger partial charge in [0.05, 0.1) is 34.3 Å². The number of carbonyl (C=O) groups is 1. The van der Waals surface area contributed by atoms with E-state index >= 15 is 0 Å². The fraction of sp³-hybridized carbons (Fsp3) is 0.158. The van der Waals surface area contributed by atoms with Crippen molar-refractivity contribution in [2.45, 2.75) is 12.5 Å². The molecule has 9 heteroatoms. The van der Waals surface area contributed by atoms with Gasteiger partial charge >= 0.3 is 0 Å². The number of amides is 1. The zero-order valence-electron chi connectivity index (χ0n) is 14.5. The van der Waals surface area contributed by atoms with Crippen molar-refractivity contribution in [3.05, 3.63) is 62.9 Å². The fourth-order valence-electron chi connectivity index (χ4n) is 2.55. The standard InChI is InChI=1S/C19H13Cl3N4O2/c1-28-11-4-2-3-10(5-11)9-24-19(27)12(8-23)17-18(22)26-16-7-14(21)13(20)6-15(16)25-17/h2-7,12H,9H2,1H3,(H,24,27). The molecular weight excluding hydrogens is 423 g/mol. The number of aromatic nitrogens is 2. The van der Waals surface area contributed by atoms with Crippen molar-refractivity contribution in [3.63, 3.8) is 0 Å². The molecule has 0 bridgehead atoms. The van der Waals surface area contributed by atoms with Crippen molar-refractivity contribution in [2.75, 3.05) is 7.11 Å². The first-order valence-corrected chi connectivity index (χ1v) is 9.18. The lowest BCUT2D eigenvalue weighted by molar-refractivity contribution is -0.121. The molecule has 0 aliphatic carbocycles. The Hall–Kier alpha value is -2.59. The molecule has 1 aromatic heterocycles. The molecule has 3 rings (SSSR count). The monoisotopic (exact) mass is 434 g/mol. The van der Waals surface area contributed by atoms with Crippen LogP contribution >= 0.6 is 34.8 Å². The zero-order chi connectivity index (χ0) is 20.3. The summed E-state index contributed by atoms with van der Waals surface area (Å²) in [5.74, 6) is -1.10. The predicted molar refractivity (Wildman–Crippen MR) is 108 cm³/mol. The van der Waals surface area contributed by atoms with Gasteiger partial charge in [-0.25, -0.2) is 9.97 Å². The number of carbonyl (C=O) groups excluding carboxylic acids is 1. The number of benzene rings is 2. The highest BCUT2D eigenvalue weighted by Gasteiger charge is 2.26. The number of nitriles is 1. The molecule has 0 fully saturated rings. The van der Waals surface area contributed by atoms with Crippen LogP contribution in [-0.2, 0) is 11.3 Å². The first-order valence-electron chi connectivity index (χ1n) is 8.05. The minimum absolute atomic E-state index is 0.0473. The molecule has 1 N–H and O–H groups in total. The normalized spacial score (nSPS) is 11.7. The number of hydrogen-bond donors (Lipinski definition) is 1. The summed E-state index contributed by atoms with van der Waals surface area (Å²) in [6.45, 7) is 0.217. The van der Waals surface area contributed by atoms with Gasteiger partial charge in [-0.3, -0.25) is 4.79 Å². The maximum atomic E-state index is 12.6. The molecule has 3 aromatic rings. The Morgan fingerprint density at radius 3 is 2.50 bits per heavy atom. The smallest absolute Gasteiger partial charge is 0.243 e. The van der Waals surface area contributed by atoms with Crippen LogP contribution in [0.25, 0.3) is 11.0 Å². The number of nitrogens with one attached hydrogen (secondary N) is 1. The van der Waals surface area contributed by atoms with Gasteiger partial charge in [0.1, 0.15) is 11.4 Å². The van der Waals surface area contributed by atoms with Crippen molar-refractivity contribution in [3.8, 4) is 11.8 Å². The number of nitrogens with zero attached hydrogens (tertiary/aromatic N) is 3. The molecule has 0 aliphatic heterocycles. The van der Waals surface area contributed by atoms with Crippen LogP contribution < -0.4 is 10.1 Å². The molecule has 0 saturated heterocycles. The highest BCUT2D eigenvalue weighted by atomic mass is 35.5.